The van der Waals surface area contributed by atoms with E-state index < -0.39 is 0 Å². The van der Waals surface area contributed by atoms with Crippen molar-refractivity contribution in [2.75, 3.05) is 0 Å². The number of phenolic OH excluding ortho intramolecular Hbond substituents is 1. The molecule has 0 fully saturated rings. The van der Waals surface area contributed by atoms with Gasteiger partial charge in [-0.15, -0.1) is 0 Å². The van der Waals surface area contributed by atoms with Gasteiger partial charge in [0.2, 0.25) is 0 Å². The second-order valence-electron chi connectivity index (χ2n) is 6.70. The van der Waals surface area contributed by atoms with E-state index in [1.54, 1.807) is 37.3 Å². The Labute approximate surface area is 153 Å². The van der Waals surface area contributed by atoms with Crippen molar-refractivity contribution in [3.63, 3.8) is 0 Å². The number of hydrogen-bond acceptors (Lipinski definition) is 2. The third-order valence-corrected chi connectivity index (χ3v) is 4.69. The lowest BCUT2D eigenvalue weighted by Gasteiger charge is -2.27. The van der Waals surface area contributed by atoms with Gasteiger partial charge in [0, 0.05) is 11.5 Å². The summed E-state index contributed by atoms with van der Waals surface area (Å²) in [5, 5.41) is 9.91. The molecule has 1 N–H and O–H groups in total. The molecule has 3 rings (SSSR count). The van der Waals surface area contributed by atoms with Gasteiger partial charge in [0.15, 0.2) is 0 Å². The lowest BCUT2D eigenvalue weighted by molar-refractivity contribution is 0.176. The minimum absolute atomic E-state index is 0.0133. The van der Waals surface area contributed by atoms with Crippen LogP contribution in [0.3, 0.4) is 0 Å². The first-order chi connectivity index (χ1) is 12.5. The molecule has 26 heavy (non-hydrogen) atoms. The predicted octanol–water partition coefficient (Wildman–Crippen LogP) is 6.07. The monoisotopic (exact) mass is 350 g/mol. The molecule has 0 bridgehead atoms. The Balaban J connectivity index is 2.03. The second kappa shape index (κ2) is 7.61. The molecule has 3 aromatic carbocycles. The number of benzene rings is 3. The van der Waals surface area contributed by atoms with Crippen LogP contribution in [0.5, 0.6) is 11.5 Å². The normalized spacial score (nSPS) is 13.2. The van der Waals surface area contributed by atoms with E-state index in [1.165, 1.54) is 11.6 Å². The maximum Gasteiger partial charge on any atom is 0.130 e. The number of ether oxygens (including phenoxy) is 1. The van der Waals surface area contributed by atoms with Crippen molar-refractivity contribution in [3.8, 4) is 11.5 Å². The first-order valence-electron chi connectivity index (χ1n) is 8.73. The quantitative estimate of drug-likeness (QED) is 0.605. The molecule has 0 saturated carbocycles. The summed E-state index contributed by atoms with van der Waals surface area (Å²) in [5.74, 6) is 0.418. The van der Waals surface area contributed by atoms with E-state index in [0.29, 0.717) is 11.3 Å². The van der Waals surface area contributed by atoms with Gasteiger partial charge in [-0.2, -0.15) is 0 Å². The Kier molecular flexibility index (Phi) is 5.27. The first kappa shape index (κ1) is 18.0. The van der Waals surface area contributed by atoms with Crippen molar-refractivity contribution < 1.29 is 14.2 Å². The van der Waals surface area contributed by atoms with Crippen LogP contribution in [0.1, 0.15) is 41.2 Å². The second-order valence-corrected chi connectivity index (χ2v) is 6.70. The van der Waals surface area contributed by atoms with E-state index in [-0.39, 0.29) is 23.6 Å². The van der Waals surface area contributed by atoms with Crippen molar-refractivity contribution in [2.45, 2.75) is 32.8 Å². The van der Waals surface area contributed by atoms with Gasteiger partial charge in [0.1, 0.15) is 23.4 Å². The van der Waals surface area contributed by atoms with E-state index in [9.17, 15) is 9.50 Å². The molecule has 0 heterocycles. The molecule has 2 nitrogen and oxygen atoms in total. The van der Waals surface area contributed by atoms with Crippen LogP contribution in [0.4, 0.5) is 4.39 Å². The molecule has 0 saturated heterocycles. The van der Waals surface area contributed by atoms with Crippen molar-refractivity contribution in [3.05, 3.63) is 94.8 Å². The number of phenols is 1. The fraction of sp³-hybridized carbons (Fsp3) is 0.217. The van der Waals surface area contributed by atoms with Gasteiger partial charge in [0.25, 0.3) is 0 Å². The van der Waals surface area contributed by atoms with Crippen LogP contribution in [0.25, 0.3) is 0 Å². The van der Waals surface area contributed by atoms with Crippen LogP contribution in [0.15, 0.2) is 66.7 Å². The minimum atomic E-state index is -0.357. The van der Waals surface area contributed by atoms with E-state index in [1.807, 2.05) is 12.1 Å². The summed E-state index contributed by atoms with van der Waals surface area (Å²) in [6.07, 6.45) is -0.357. The zero-order valence-corrected chi connectivity index (χ0v) is 15.2. The van der Waals surface area contributed by atoms with Gasteiger partial charge in [-0.25, -0.2) is 4.39 Å². The minimum Gasteiger partial charge on any atom is -0.508 e. The molecule has 0 amide bonds. The average Bonchev–Trinajstić information content (AvgIpc) is 2.62. The first-order valence-corrected chi connectivity index (χ1v) is 8.73. The Morgan fingerprint density at radius 3 is 2.31 bits per heavy atom. The molecule has 2 atom stereocenters. The lowest BCUT2D eigenvalue weighted by Crippen LogP contribution is -2.16. The summed E-state index contributed by atoms with van der Waals surface area (Å²) >= 11 is 0. The van der Waals surface area contributed by atoms with Crippen molar-refractivity contribution >= 4 is 0 Å². The Morgan fingerprint density at radius 2 is 1.58 bits per heavy atom. The van der Waals surface area contributed by atoms with Crippen LogP contribution < -0.4 is 4.74 Å². The molecule has 0 spiro atoms. The van der Waals surface area contributed by atoms with E-state index in [4.69, 9.17) is 4.74 Å². The highest BCUT2D eigenvalue weighted by molar-refractivity contribution is 5.37. The summed E-state index contributed by atoms with van der Waals surface area (Å²) < 4.78 is 20.2. The summed E-state index contributed by atoms with van der Waals surface area (Å²) in [5.41, 5.74) is 3.63. The number of aryl methyl sites for hydroxylation is 1. The standard InChI is InChI=1S/C23H23FO2/c1-15-7-4-8-18(13-15)16(2)23(19-9-5-10-20(25)14-19)26-22-12-6-11-21(24)17(22)3/h4-14,16,23,25H,1-3H3/t16-,23-/m1/s1. The highest BCUT2D eigenvalue weighted by Gasteiger charge is 2.24. The molecular formula is C23H23FO2. The smallest absolute Gasteiger partial charge is 0.130 e. The van der Waals surface area contributed by atoms with Crippen LogP contribution in [0, 0.1) is 19.7 Å². The van der Waals surface area contributed by atoms with Gasteiger partial charge in [0.05, 0.1) is 0 Å². The Morgan fingerprint density at radius 1 is 0.885 bits per heavy atom. The zero-order valence-electron chi connectivity index (χ0n) is 15.2. The molecular weight excluding hydrogens is 327 g/mol. The number of halogens is 1. The number of aromatic hydroxyl groups is 1. The van der Waals surface area contributed by atoms with Crippen molar-refractivity contribution in [1.82, 2.24) is 0 Å². The van der Waals surface area contributed by atoms with E-state index in [2.05, 4.69) is 32.0 Å². The Hall–Kier alpha value is -2.81. The maximum atomic E-state index is 14.0. The van der Waals surface area contributed by atoms with Gasteiger partial charge in [-0.05, 0) is 49.2 Å². The summed E-state index contributed by atoms with van der Waals surface area (Å²) in [6, 6.07) is 20.2. The molecule has 3 aromatic rings. The highest BCUT2D eigenvalue weighted by atomic mass is 19.1. The van der Waals surface area contributed by atoms with Gasteiger partial charge in [-0.3, -0.25) is 0 Å². The molecule has 0 aliphatic carbocycles. The molecule has 3 heteroatoms. The SMILES string of the molecule is Cc1cccc([C@@H](C)[C@@H](Oc2cccc(F)c2C)c2cccc(O)c2)c1. The predicted molar refractivity (Wildman–Crippen MR) is 102 cm³/mol. The summed E-state index contributed by atoms with van der Waals surface area (Å²) in [6.45, 7) is 5.84. The fourth-order valence-electron chi connectivity index (χ4n) is 3.14. The third-order valence-electron chi connectivity index (χ3n) is 4.69. The van der Waals surface area contributed by atoms with Crippen LogP contribution in [0.2, 0.25) is 0 Å². The zero-order chi connectivity index (χ0) is 18.7. The van der Waals surface area contributed by atoms with Crippen LogP contribution in [-0.4, -0.2) is 5.11 Å². The fourth-order valence-corrected chi connectivity index (χ4v) is 3.14. The lowest BCUT2D eigenvalue weighted by atomic mass is 9.89. The maximum absolute atomic E-state index is 14.0. The number of hydrogen-bond donors (Lipinski definition) is 1. The van der Waals surface area contributed by atoms with Gasteiger partial charge < -0.3 is 9.84 Å². The van der Waals surface area contributed by atoms with Gasteiger partial charge >= 0.3 is 0 Å². The average molecular weight is 350 g/mol. The molecule has 0 aliphatic rings. The van der Waals surface area contributed by atoms with Gasteiger partial charge in [-0.1, -0.05) is 55.0 Å². The summed E-state index contributed by atoms with van der Waals surface area (Å²) in [4.78, 5) is 0. The Bertz CT molecular complexity index is 904. The van der Waals surface area contributed by atoms with Crippen LogP contribution in [-0.2, 0) is 0 Å². The van der Waals surface area contributed by atoms with Crippen LogP contribution >= 0.6 is 0 Å². The number of rotatable bonds is 5. The third kappa shape index (κ3) is 3.88. The molecule has 0 aliphatic heterocycles. The molecule has 0 radical (unpaired) electrons. The van der Waals surface area contributed by atoms with Crippen molar-refractivity contribution in [1.29, 1.82) is 0 Å². The molecule has 0 aromatic heterocycles. The topological polar surface area (TPSA) is 29.5 Å². The molecule has 134 valence electrons. The largest absolute Gasteiger partial charge is 0.508 e. The highest BCUT2D eigenvalue weighted by Crippen LogP contribution is 2.37. The van der Waals surface area contributed by atoms with Crippen molar-refractivity contribution in [2.24, 2.45) is 0 Å². The molecule has 0 unspecified atom stereocenters. The van der Waals surface area contributed by atoms with E-state index >= 15 is 0 Å². The van der Waals surface area contributed by atoms with E-state index in [0.717, 1.165) is 11.1 Å². The summed E-state index contributed by atoms with van der Waals surface area (Å²) in [7, 11) is 0.